The van der Waals surface area contributed by atoms with Crippen LogP contribution >= 0.6 is 0 Å². The molecule has 1 fully saturated rings. The average Bonchev–Trinajstić information content (AvgIpc) is 2.86. The highest BCUT2D eigenvalue weighted by atomic mass is 28.4. The monoisotopic (exact) mass is 424 g/mol. The van der Waals surface area contributed by atoms with Gasteiger partial charge in [-0.05, 0) is 20.7 Å². The van der Waals surface area contributed by atoms with Gasteiger partial charge in [0.1, 0.15) is 0 Å². The van der Waals surface area contributed by atoms with Crippen LogP contribution in [0.2, 0.25) is 0 Å². The fourth-order valence-electron chi connectivity index (χ4n) is 4.10. The van der Waals surface area contributed by atoms with Crippen LogP contribution in [0.5, 0.6) is 0 Å². The lowest BCUT2D eigenvalue weighted by Gasteiger charge is -2.47. The van der Waals surface area contributed by atoms with Crippen molar-refractivity contribution in [2.45, 2.75) is 0 Å². The van der Waals surface area contributed by atoms with Crippen molar-refractivity contribution in [3.63, 3.8) is 0 Å². The minimum absolute atomic E-state index is 1.26. The Kier molecular flexibility index (Phi) is 5.18. The first kappa shape index (κ1) is 19.1. The molecular weight excluding hydrogens is 400 g/mol. The fourth-order valence-corrected chi connectivity index (χ4v) is 11.8. The standard InChI is InChI=1S/C24H24N4Si2/c1-5-13-21(14-6-1)29(22-15-7-2-8-16-22)25-27-30(28-26-29,23-17-9-3-10-18-23)24-19-11-4-12-20-24/h1-20,25-28H. The molecule has 0 saturated carbocycles. The molecule has 1 saturated heterocycles. The summed E-state index contributed by atoms with van der Waals surface area (Å²) in [6.45, 7) is 0. The topological polar surface area (TPSA) is 48.1 Å². The highest BCUT2D eigenvalue weighted by Gasteiger charge is 2.50. The van der Waals surface area contributed by atoms with Crippen LogP contribution in [-0.2, 0) is 0 Å². The van der Waals surface area contributed by atoms with Crippen molar-refractivity contribution in [3.8, 4) is 0 Å². The van der Waals surface area contributed by atoms with Gasteiger partial charge in [0.05, 0.1) is 0 Å². The lowest BCUT2D eigenvalue weighted by molar-refractivity contribution is 0.711. The van der Waals surface area contributed by atoms with E-state index in [1.165, 1.54) is 20.7 Å². The summed E-state index contributed by atoms with van der Waals surface area (Å²) >= 11 is 0. The predicted octanol–water partition coefficient (Wildman–Crippen LogP) is 0.702. The van der Waals surface area contributed by atoms with Crippen LogP contribution in [0.15, 0.2) is 121 Å². The first-order valence-corrected chi connectivity index (χ1v) is 14.1. The van der Waals surface area contributed by atoms with Gasteiger partial charge in [0.25, 0.3) is 16.8 Å². The molecule has 4 N–H and O–H groups in total. The third kappa shape index (κ3) is 3.25. The Morgan fingerprint density at radius 3 is 0.700 bits per heavy atom. The molecule has 1 aliphatic heterocycles. The lowest BCUT2D eigenvalue weighted by Crippen LogP contribution is -2.97. The maximum absolute atomic E-state index is 3.83. The van der Waals surface area contributed by atoms with Crippen LogP contribution in [0.3, 0.4) is 0 Å². The van der Waals surface area contributed by atoms with Crippen LogP contribution in [0.25, 0.3) is 0 Å². The second-order valence-corrected chi connectivity index (χ2v) is 13.8. The number of hydrazine groups is 2. The molecule has 0 radical (unpaired) electrons. The van der Waals surface area contributed by atoms with Gasteiger partial charge in [0, 0.05) is 0 Å². The van der Waals surface area contributed by atoms with E-state index < -0.39 is 16.8 Å². The lowest BCUT2D eigenvalue weighted by atomic mass is 10.4. The van der Waals surface area contributed by atoms with Gasteiger partial charge in [0.2, 0.25) is 0 Å². The molecule has 4 nitrogen and oxygen atoms in total. The van der Waals surface area contributed by atoms with Crippen molar-refractivity contribution in [3.05, 3.63) is 121 Å². The van der Waals surface area contributed by atoms with Crippen molar-refractivity contribution in [2.75, 3.05) is 0 Å². The summed E-state index contributed by atoms with van der Waals surface area (Å²) in [5.74, 6) is 0. The predicted molar refractivity (Wildman–Crippen MR) is 128 cm³/mol. The third-order valence-electron chi connectivity index (χ3n) is 5.70. The Morgan fingerprint density at radius 1 is 0.300 bits per heavy atom. The maximum Gasteiger partial charge on any atom is 0.293 e. The van der Waals surface area contributed by atoms with Crippen LogP contribution in [0.4, 0.5) is 0 Å². The minimum atomic E-state index is -2.48. The first-order chi connectivity index (χ1) is 14.8. The third-order valence-corrected chi connectivity index (χ3v) is 13.0. The molecule has 4 aromatic carbocycles. The Balaban J connectivity index is 1.61. The van der Waals surface area contributed by atoms with E-state index in [1.807, 2.05) is 0 Å². The highest BCUT2D eigenvalue weighted by molar-refractivity contribution is 7.04. The molecule has 0 spiro atoms. The summed E-state index contributed by atoms with van der Waals surface area (Å²) in [5.41, 5.74) is 0. The summed E-state index contributed by atoms with van der Waals surface area (Å²) in [5, 5.41) is 20.4. The number of benzene rings is 4. The van der Waals surface area contributed by atoms with Crippen molar-refractivity contribution in [2.24, 2.45) is 0 Å². The minimum Gasteiger partial charge on any atom is -0.261 e. The number of nitrogens with one attached hydrogen (secondary N) is 4. The van der Waals surface area contributed by atoms with Gasteiger partial charge < -0.3 is 0 Å². The Hall–Kier alpha value is -2.85. The van der Waals surface area contributed by atoms with E-state index >= 15 is 0 Å². The quantitative estimate of drug-likeness (QED) is 0.365. The molecule has 1 aliphatic rings. The van der Waals surface area contributed by atoms with E-state index in [4.69, 9.17) is 0 Å². The molecule has 5 rings (SSSR count). The fraction of sp³-hybridized carbons (Fsp3) is 0. The maximum atomic E-state index is 3.83. The van der Waals surface area contributed by atoms with Crippen LogP contribution in [0, 0.1) is 0 Å². The largest absolute Gasteiger partial charge is 0.293 e. The van der Waals surface area contributed by atoms with Gasteiger partial charge in [-0.2, -0.15) is 0 Å². The molecule has 0 unspecified atom stereocenters. The molecule has 0 aromatic heterocycles. The molecule has 0 aliphatic carbocycles. The molecular formula is C24H24N4Si2. The van der Waals surface area contributed by atoms with Gasteiger partial charge in [-0.15, -0.1) is 0 Å². The van der Waals surface area contributed by atoms with Crippen LogP contribution < -0.4 is 41.1 Å². The smallest absolute Gasteiger partial charge is 0.261 e. The summed E-state index contributed by atoms with van der Waals surface area (Å²) in [4.78, 5) is 0. The zero-order chi connectivity index (χ0) is 20.3. The second kappa shape index (κ2) is 8.12. The van der Waals surface area contributed by atoms with E-state index in [1.54, 1.807) is 0 Å². The average molecular weight is 425 g/mol. The summed E-state index contributed by atoms with van der Waals surface area (Å²) in [7, 11) is -4.95. The van der Waals surface area contributed by atoms with Crippen molar-refractivity contribution < 1.29 is 0 Å². The van der Waals surface area contributed by atoms with Gasteiger partial charge in [0.15, 0.2) is 0 Å². The van der Waals surface area contributed by atoms with Crippen LogP contribution in [0.1, 0.15) is 0 Å². The number of rotatable bonds is 4. The van der Waals surface area contributed by atoms with Crippen LogP contribution in [-0.4, -0.2) is 16.8 Å². The van der Waals surface area contributed by atoms with Crippen molar-refractivity contribution in [1.82, 2.24) is 20.4 Å². The molecule has 148 valence electrons. The molecule has 0 amide bonds. The molecule has 30 heavy (non-hydrogen) atoms. The van der Waals surface area contributed by atoms with Gasteiger partial charge >= 0.3 is 0 Å². The number of hydrogen-bond acceptors (Lipinski definition) is 4. The second-order valence-electron chi connectivity index (χ2n) is 7.46. The van der Waals surface area contributed by atoms with Crippen molar-refractivity contribution in [1.29, 1.82) is 0 Å². The molecule has 0 atom stereocenters. The summed E-state index contributed by atoms with van der Waals surface area (Å²) in [6, 6.07) is 42.6. The van der Waals surface area contributed by atoms with Gasteiger partial charge in [-0.3, -0.25) is 20.4 Å². The van der Waals surface area contributed by atoms with E-state index in [0.717, 1.165) is 0 Å². The van der Waals surface area contributed by atoms with Gasteiger partial charge in [-0.25, -0.2) is 0 Å². The Bertz CT molecular complexity index is 911. The van der Waals surface area contributed by atoms with E-state index in [0.29, 0.717) is 0 Å². The highest BCUT2D eigenvalue weighted by Crippen LogP contribution is 2.06. The zero-order valence-electron chi connectivity index (χ0n) is 16.5. The molecule has 1 heterocycles. The molecule has 4 aromatic rings. The molecule has 0 bridgehead atoms. The normalized spacial score (nSPS) is 17.3. The molecule has 6 heteroatoms. The first-order valence-electron chi connectivity index (χ1n) is 10.1. The number of hydrogen-bond donors (Lipinski definition) is 4. The Morgan fingerprint density at radius 2 is 0.500 bits per heavy atom. The zero-order valence-corrected chi connectivity index (χ0v) is 18.5. The SMILES string of the molecule is c1ccc([Si]2(c3ccccc3)NN[Si](c3ccccc3)(c3ccccc3)NN2)cc1. The van der Waals surface area contributed by atoms with E-state index in [2.05, 4.69) is 142 Å². The van der Waals surface area contributed by atoms with Crippen molar-refractivity contribution >= 4 is 37.5 Å². The van der Waals surface area contributed by atoms with Gasteiger partial charge in [-0.1, -0.05) is 121 Å². The summed E-state index contributed by atoms with van der Waals surface area (Å²) < 4.78 is 0. The Labute approximate surface area is 179 Å². The van der Waals surface area contributed by atoms with E-state index in [9.17, 15) is 0 Å². The summed E-state index contributed by atoms with van der Waals surface area (Å²) in [6.07, 6.45) is 0. The van der Waals surface area contributed by atoms with E-state index in [-0.39, 0.29) is 0 Å².